The lowest BCUT2D eigenvalue weighted by Crippen LogP contribution is -2.41. The maximum absolute atomic E-state index is 13.5. The van der Waals surface area contributed by atoms with Gasteiger partial charge in [-0.1, -0.05) is 66.7 Å². The summed E-state index contributed by atoms with van der Waals surface area (Å²) in [6, 6.07) is 21.7. The monoisotopic (exact) mass is 511 g/mol. The van der Waals surface area contributed by atoms with Crippen molar-refractivity contribution in [1.82, 2.24) is 25.7 Å². The molecule has 3 aromatic carbocycles. The molecule has 3 amide bonds. The van der Waals surface area contributed by atoms with Gasteiger partial charge < -0.3 is 15.3 Å². The van der Waals surface area contributed by atoms with Gasteiger partial charge in [-0.2, -0.15) is 0 Å². The number of fused-ring (bicyclic) bond motifs is 1. The van der Waals surface area contributed by atoms with Gasteiger partial charge in [0.25, 0.3) is 11.8 Å². The van der Waals surface area contributed by atoms with E-state index >= 15 is 0 Å². The Morgan fingerprint density at radius 1 is 0.921 bits per heavy atom. The molecule has 0 saturated heterocycles. The molecule has 1 heterocycles. The van der Waals surface area contributed by atoms with Crippen LogP contribution in [-0.2, 0) is 16.1 Å². The van der Waals surface area contributed by atoms with Crippen LogP contribution in [0.3, 0.4) is 0 Å². The average molecular weight is 512 g/mol. The highest BCUT2D eigenvalue weighted by atomic mass is 16.5. The third-order valence-electron chi connectivity index (χ3n) is 5.81. The molecular formula is C28H25N5O5. The summed E-state index contributed by atoms with van der Waals surface area (Å²) in [6.07, 6.45) is 2.63. The summed E-state index contributed by atoms with van der Waals surface area (Å²) in [7, 11) is 1.45. The van der Waals surface area contributed by atoms with Gasteiger partial charge in [-0.05, 0) is 34.9 Å². The van der Waals surface area contributed by atoms with E-state index in [0.29, 0.717) is 22.2 Å². The van der Waals surface area contributed by atoms with Crippen molar-refractivity contribution >= 4 is 34.8 Å². The number of carbonyl (C=O) groups is 3. The smallest absolute Gasteiger partial charge is 0.278 e. The Balaban J connectivity index is 1.65. The molecule has 0 radical (unpaired) electrons. The first-order valence-electron chi connectivity index (χ1n) is 11.6. The minimum atomic E-state index is -1.07. The predicted molar refractivity (Wildman–Crippen MR) is 140 cm³/mol. The Bertz CT molecular complexity index is 1490. The fourth-order valence-corrected chi connectivity index (χ4v) is 3.85. The lowest BCUT2D eigenvalue weighted by Gasteiger charge is -2.28. The van der Waals surface area contributed by atoms with E-state index in [1.165, 1.54) is 23.5 Å². The van der Waals surface area contributed by atoms with Crippen LogP contribution in [0.4, 0.5) is 0 Å². The zero-order valence-corrected chi connectivity index (χ0v) is 20.4. The summed E-state index contributed by atoms with van der Waals surface area (Å²) in [5.74, 6) is -2.36. The van der Waals surface area contributed by atoms with E-state index in [9.17, 15) is 19.5 Å². The number of benzene rings is 3. The summed E-state index contributed by atoms with van der Waals surface area (Å²) >= 11 is 0. The molecule has 0 fully saturated rings. The lowest BCUT2D eigenvalue weighted by atomic mass is 10.0. The molecule has 1 atom stereocenters. The molecule has 4 N–H and O–H groups in total. The number of likely N-dealkylation sites (N-methyl/N-ethyl adjacent to an activating group) is 1. The van der Waals surface area contributed by atoms with Crippen molar-refractivity contribution in [3.05, 3.63) is 107 Å². The lowest BCUT2D eigenvalue weighted by molar-refractivity contribution is -0.126. The maximum Gasteiger partial charge on any atom is 0.278 e. The zero-order valence-electron chi connectivity index (χ0n) is 20.4. The Morgan fingerprint density at radius 2 is 1.55 bits per heavy atom. The van der Waals surface area contributed by atoms with Crippen molar-refractivity contribution in [2.45, 2.75) is 12.6 Å². The summed E-state index contributed by atoms with van der Waals surface area (Å²) in [5.41, 5.74) is 4.10. The van der Waals surface area contributed by atoms with E-state index in [4.69, 9.17) is 5.21 Å². The summed E-state index contributed by atoms with van der Waals surface area (Å²) in [6.45, 7) is 0.246. The Morgan fingerprint density at radius 3 is 2.21 bits per heavy atom. The normalized spacial score (nSPS) is 11.7. The van der Waals surface area contributed by atoms with Gasteiger partial charge in [-0.3, -0.25) is 19.6 Å². The van der Waals surface area contributed by atoms with Gasteiger partial charge in [0, 0.05) is 19.7 Å². The molecule has 4 rings (SSSR count). The SMILES string of the molecule is CN(C(=O)c1nc2ccccc2nc1O)C(C(=O)NCc1ccccc1)c1ccc(/C=C/C(=O)NO)cc1. The molecule has 192 valence electrons. The molecule has 0 aliphatic heterocycles. The molecule has 0 saturated carbocycles. The van der Waals surface area contributed by atoms with Gasteiger partial charge in [0.05, 0.1) is 11.0 Å². The van der Waals surface area contributed by atoms with Gasteiger partial charge in [0.1, 0.15) is 6.04 Å². The highest BCUT2D eigenvalue weighted by Gasteiger charge is 2.31. The topological polar surface area (TPSA) is 145 Å². The molecule has 1 unspecified atom stereocenters. The Hall–Kier alpha value is -5.09. The molecular weight excluding hydrogens is 486 g/mol. The summed E-state index contributed by atoms with van der Waals surface area (Å²) < 4.78 is 0. The van der Waals surface area contributed by atoms with E-state index in [1.54, 1.807) is 48.5 Å². The number of hydroxylamine groups is 1. The highest BCUT2D eigenvalue weighted by molar-refractivity contribution is 5.99. The largest absolute Gasteiger partial charge is 0.492 e. The Labute approximate surface area is 218 Å². The third-order valence-corrected chi connectivity index (χ3v) is 5.81. The molecule has 0 aliphatic rings. The molecule has 10 heteroatoms. The van der Waals surface area contributed by atoms with Crippen molar-refractivity contribution in [2.75, 3.05) is 7.05 Å². The first-order chi connectivity index (χ1) is 18.4. The standard InChI is InChI=1S/C28H25N5O5/c1-33(28(37)24-26(35)31-22-10-6-5-9-21(22)30-24)25(27(36)29-17-19-7-3-2-4-8-19)20-14-11-18(12-15-20)13-16-23(34)32-38/h2-16,25,38H,17H2,1H3,(H,29,36)(H,31,35)(H,32,34)/b16-13+. The molecule has 0 bridgehead atoms. The van der Waals surface area contributed by atoms with Gasteiger partial charge in [-0.25, -0.2) is 15.4 Å². The molecule has 1 aromatic heterocycles. The quantitative estimate of drug-likeness (QED) is 0.162. The van der Waals surface area contributed by atoms with Crippen LogP contribution in [0.2, 0.25) is 0 Å². The van der Waals surface area contributed by atoms with Crippen LogP contribution in [-0.4, -0.2) is 50.0 Å². The van der Waals surface area contributed by atoms with E-state index in [-0.39, 0.29) is 12.2 Å². The number of nitrogens with one attached hydrogen (secondary N) is 2. The number of rotatable bonds is 8. The van der Waals surface area contributed by atoms with Crippen LogP contribution >= 0.6 is 0 Å². The van der Waals surface area contributed by atoms with Crippen molar-refractivity contribution in [1.29, 1.82) is 0 Å². The molecule has 0 aliphatic carbocycles. The number of nitrogens with zero attached hydrogens (tertiary/aromatic N) is 3. The number of hydrogen-bond acceptors (Lipinski definition) is 7. The van der Waals surface area contributed by atoms with Gasteiger partial charge in [-0.15, -0.1) is 0 Å². The number of carbonyl (C=O) groups excluding carboxylic acids is 3. The maximum atomic E-state index is 13.5. The third kappa shape index (κ3) is 6.00. The minimum absolute atomic E-state index is 0.246. The van der Waals surface area contributed by atoms with E-state index in [2.05, 4.69) is 15.3 Å². The van der Waals surface area contributed by atoms with Crippen LogP contribution in [0.5, 0.6) is 5.88 Å². The zero-order chi connectivity index (χ0) is 27.1. The van der Waals surface area contributed by atoms with Gasteiger partial charge in [0.15, 0.2) is 5.69 Å². The van der Waals surface area contributed by atoms with Crippen LogP contribution in [0.15, 0.2) is 84.9 Å². The van der Waals surface area contributed by atoms with Crippen LogP contribution in [0.25, 0.3) is 17.1 Å². The summed E-state index contributed by atoms with van der Waals surface area (Å²) in [5, 5.41) is 22.0. The second-order valence-electron chi connectivity index (χ2n) is 8.38. The number of para-hydroxylation sites is 2. The number of amides is 3. The number of aromatic hydroxyl groups is 1. The molecule has 0 spiro atoms. The Kier molecular flexibility index (Phi) is 8.04. The van der Waals surface area contributed by atoms with E-state index in [1.807, 2.05) is 30.3 Å². The fraction of sp³-hybridized carbons (Fsp3) is 0.107. The van der Waals surface area contributed by atoms with Crippen LogP contribution < -0.4 is 10.8 Å². The van der Waals surface area contributed by atoms with Crippen molar-refractivity contribution in [3.8, 4) is 5.88 Å². The molecule has 4 aromatic rings. The number of aromatic nitrogens is 2. The molecule has 10 nitrogen and oxygen atoms in total. The van der Waals surface area contributed by atoms with Crippen LogP contribution in [0.1, 0.15) is 33.2 Å². The van der Waals surface area contributed by atoms with Crippen molar-refractivity contribution in [2.24, 2.45) is 0 Å². The van der Waals surface area contributed by atoms with Gasteiger partial charge >= 0.3 is 0 Å². The van der Waals surface area contributed by atoms with Crippen LogP contribution in [0, 0.1) is 0 Å². The van der Waals surface area contributed by atoms with E-state index in [0.717, 1.165) is 11.6 Å². The second kappa shape index (κ2) is 11.8. The minimum Gasteiger partial charge on any atom is -0.492 e. The van der Waals surface area contributed by atoms with Crippen molar-refractivity contribution < 1.29 is 24.7 Å². The van der Waals surface area contributed by atoms with Gasteiger partial charge in [0.2, 0.25) is 11.8 Å². The highest BCUT2D eigenvalue weighted by Crippen LogP contribution is 2.26. The van der Waals surface area contributed by atoms with E-state index < -0.39 is 29.6 Å². The summed E-state index contributed by atoms with van der Waals surface area (Å²) in [4.78, 5) is 47.7. The first-order valence-corrected chi connectivity index (χ1v) is 11.6. The predicted octanol–water partition coefficient (Wildman–Crippen LogP) is 2.98. The number of hydrogen-bond donors (Lipinski definition) is 4. The fourth-order valence-electron chi connectivity index (χ4n) is 3.85. The van der Waals surface area contributed by atoms with Crippen molar-refractivity contribution in [3.63, 3.8) is 0 Å². The average Bonchev–Trinajstić information content (AvgIpc) is 2.95. The molecule has 38 heavy (non-hydrogen) atoms. The second-order valence-corrected chi connectivity index (χ2v) is 8.38. The first kappa shape index (κ1) is 26.0.